The molecule has 0 aliphatic carbocycles. The summed E-state index contributed by atoms with van der Waals surface area (Å²) >= 11 is 0. The summed E-state index contributed by atoms with van der Waals surface area (Å²) in [4.78, 5) is 29.5. The lowest BCUT2D eigenvalue weighted by molar-refractivity contribution is 0.0759. The van der Waals surface area contributed by atoms with Crippen LogP contribution in [0.4, 0.5) is 0 Å². The minimum atomic E-state index is -0.205. The largest absolute Gasteiger partial charge is 0.337 e. The zero-order chi connectivity index (χ0) is 19.2. The molecule has 1 amide bonds. The lowest BCUT2D eigenvalue weighted by Crippen LogP contribution is -2.39. The second-order valence-corrected chi connectivity index (χ2v) is 7.33. The van der Waals surface area contributed by atoms with Crippen LogP contribution in [0.2, 0.25) is 0 Å². The van der Waals surface area contributed by atoms with Crippen LogP contribution in [0.5, 0.6) is 0 Å². The molecule has 1 saturated heterocycles. The van der Waals surface area contributed by atoms with Crippen LogP contribution in [0, 0.1) is 6.92 Å². The van der Waals surface area contributed by atoms with E-state index < -0.39 is 0 Å². The highest BCUT2D eigenvalue weighted by molar-refractivity contribution is 5.93. The van der Waals surface area contributed by atoms with E-state index in [0.29, 0.717) is 13.1 Å². The van der Waals surface area contributed by atoms with Crippen molar-refractivity contribution < 1.29 is 4.79 Å². The van der Waals surface area contributed by atoms with Crippen LogP contribution in [0.3, 0.4) is 0 Å². The van der Waals surface area contributed by atoms with E-state index in [1.54, 1.807) is 17.7 Å². The van der Waals surface area contributed by atoms with Crippen molar-refractivity contribution in [2.24, 2.45) is 7.05 Å². The first-order valence-corrected chi connectivity index (χ1v) is 9.78. The second-order valence-electron chi connectivity index (χ2n) is 7.33. The van der Waals surface area contributed by atoms with Crippen molar-refractivity contribution >= 4 is 5.91 Å². The molecule has 1 aromatic carbocycles. The maximum atomic E-state index is 12.8. The lowest BCUT2D eigenvalue weighted by Gasteiger charge is -2.22. The number of aromatic nitrogens is 1. The molecule has 0 radical (unpaired) electrons. The Kier molecular flexibility index (Phi) is 6.45. The van der Waals surface area contributed by atoms with Crippen molar-refractivity contribution in [3.63, 3.8) is 0 Å². The van der Waals surface area contributed by atoms with Crippen LogP contribution >= 0.6 is 0 Å². The van der Waals surface area contributed by atoms with Crippen molar-refractivity contribution in [2.45, 2.75) is 26.2 Å². The van der Waals surface area contributed by atoms with Crippen molar-refractivity contribution in [1.29, 1.82) is 0 Å². The summed E-state index contributed by atoms with van der Waals surface area (Å²) in [6.45, 7) is 6.18. The zero-order valence-electron chi connectivity index (χ0n) is 16.4. The number of carbonyl (C=O) groups is 1. The number of amides is 1. The van der Waals surface area contributed by atoms with Gasteiger partial charge in [0, 0.05) is 32.4 Å². The van der Waals surface area contributed by atoms with Gasteiger partial charge in [-0.3, -0.25) is 9.59 Å². The van der Waals surface area contributed by atoms with E-state index in [1.807, 2.05) is 24.0 Å². The van der Waals surface area contributed by atoms with Crippen LogP contribution in [0.15, 0.2) is 47.3 Å². The second kappa shape index (κ2) is 9.00. The molecule has 0 saturated carbocycles. The summed E-state index contributed by atoms with van der Waals surface area (Å²) in [5.41, 5.74) is 2.31. The van der Waals surface area contributed by atoms with Gasteiger partial charge in [0.2, 0.25) is 0 Å². The fourth-order valence-electron chi connectivity index (χ4n) is 3.61. The molecule has 0 atom stereocenters. The molecule has 144 valence electrons. The van der Waals surface area contributed by atoms with Gasteiger partial charge in [-0.1, -0.05) is 30.3 Å². The lowest BCUT2D eigenvalue weighted by atomic mass is 10.1. The maximum absolute atomic E-state index is 12.8. The third kappa shape index (κ3) is 4.86. The van der Waals surface area contributed by atoms with Gasteiger partial charge in [0.25, 0.3) is 11.5 Å². The highest BCUT2D eigenvalue weighted by Gasteiger charge is 2.22. The molecule has 1 fully saturated rings. The van der Waals surface area contributed by atoms with Crippen molar-refractivity contribution in [2.75, 3.05) is 32.7 Å². The van der Waals surface area contributed by atoms with E-state index in [9.17, 15) is 9.59 Å². The first-order chi connectivity index (χ1) is 13.1. The Labute approximate surface area is 161 Å². The molecule has 27 heavy (non-hydrogen) atoms. The van der Waals surface area contributed by atoms with Gasteiger partial charge in [0.05, 0.1) is 0 Å². The normalized spacial score (nSPS) is 15.6. The van der Waals surface area contributed by atoms with Crippen LogP contribution < -0.4 is 5.56 Å². The fraction of sp³-hybridized carbons (Fsp3) is 0.455. The number of nitrogens with zero attached hydrogens (tertiary/aromatic N) is 3. The molecule has 2 aromatic rings. The average molecular weight is 367 g/mol. The maximum Gasteiger partial charge on any atom is 0.263 e. The van der Waals surface area contributed by atoms with Crippen molar-refractivity contribution in [3.8, 4) is 0 Å². The van der Waals surface area contributed by atoms with Crippen LogP contribution in [-0.4, -0.2) is 53.0 Å². The van der Waals surface area contributed by atoms with Gasteiger partial charge in [-0.25, -0.2) is 0 Å². The van der Waals surface area contributed by atoms with Gasteiger partial charge >= 0.3 is 0 Å². The van der Waals surface area contributed by atoms with Gasteiger partial charge in [-0.05, 0) is 57.0 Å². The molecule has 1 aliphatic heterocycles. The Bertz CT molecular complexity index is 829. The number of pyridine rings is 1. The molecular formula is C22H29N3O2. The predicted octanol–water partition coefficient (Wildman–Crippen LogP) is 2.47. The summed E-state index contributed by atoms with van der Waals surface area (Å²) in [7, 11) is 1.71. The van der Waals surface area contributed by atoms with E-state index in [1.165, 1.54) is 5.56 Å². The summed E-state index contributed by atoms with van der Waals surface area (Å²) in [5, 5.41) is 0. The van der Waals surface area contributed by atoms with Gasteiger partial charge in [-0.15, -0.1) is 0 Å². The number of hydrogen-bond donors (Lipinski definition) is 0. The number of carbonyl (C=O) groups excluding carboxylic acids is 1. The molecule has 0 spiro atoms. The summed E-state index contributed by atoms with van der Waals surface area (Å²) in [5.74, 6) is -0.137. The smallest absolute Gasteiger partial charge is 0.263 e. The van der Waals surface area contributed by atoms with Crippen LogP contribution in [0.1, 0.15) is 34.5 Å². The number of aryl methyl sites for hydroxylation is 2. The molecule has 1 aliphatic rings. The molecule has 1 aromatic heterocycles. The Morgan fingerprint density at radius 3 is 2.56 bits per heavy atom. The minimum absolute atomic E-state index is 0.137. The van der Waals surface area contributed by atoms with E-state index in [-0.39, 0.29) is 17.0 Å². The summed E-state index contributed by atoms with van der Waals surface area (Å²) < 4.78 is 1.54. The molecule has 0 unspecified atom stereocenters. The molecule has 3 rings (SSSR count). The Balaban J connectivity index is 1.54. The molecule has 5 nitrogen and oxygen atoms in total. The highest BCUT2D eigenvalue weighted by Crippen LogP contribution is 2.10. The van der Waals surface area contributed by atoms with E-state index in [4.69, 9.17) is 0 Å². The third-order valence-electron chi connectivity index (χ3n) is 5.44. The zero-order valence-corrected chi connectivity index (χ0v) is 16.4. The average Bonchev–Trinajstić information content (AvgIpc) is 2.92. The molecule has 0 bridgehead atoms. The van der Waals surface area contributed by atoms with E-state index >= 15 is 0 Å². The van der Waals surface area contributed by atoms with Crippen molar-refractivity contribution in [3.05, 3.63) is 69.6 Å². The molecular weight excluding hydrogens is 338 g/mol. The van der Waals surface area contributed by atoms with Crippen molar-refractivity contribution in [1.82, 2.24) is 14.4 Å². The number of rotatable bonds is 5. The number of benzene rings is 1. The monoisotopic (exact) mass is 367 g/mol. The minimum Gasteiger partial charge on any atom is -0.337 e. The standard InChI is InChI=1S/C22H29N3O2/c1-18-11-12-20(21(26)23(18)2)22(27)25-15-7-14-24(16-17-25)13-6-10-19-8-4-3-5-9-19/h3-5,8-9,11-12H,6-7,10,13-17H2,1-2H3. The molecule has 5 heteroatoms. The topological polar surface area (TPSA) is 45.6 Å². The quantitative estimate of drug-likeness (QED) is 0.816. The van der Waals surface area contributed by atoms with Gasteiger partial charge < -0.3 is 14.4 Å². The molecule has 0 N–H and O–H groups in total. The Morgan fingerprint density at radius 1 is 1.00 bits per heavy atom. The Morgan fingerprint density at radius 2 is 1.78 bits per heavy atom. The van der Waals surface area contributed by atoms with Gasteiger partial charge in [0.1, 0.15) is 5.56 Å². The van der Waals surface area contributed by atoms with Gasteiger partial charge in [0.15, 0.2) is 0 Å². The van der Waals surface area contributed by atoms with E-state index in [2.05, 4.69) is 29.2 Å². The number of hydrogen-bond acceptors (Lipinski definition) is 3. The third-order valence-corrected chi connectivity index (χ3v) is 5.44. The SMILES string of the molecule is Cc1ccc(C(=O)N2CCCN(CCCc3ccccc3)CC2)c(=O)n1C. The Hall–Kier alpha value is -2.40. The van der Waals surface area contributed by atoms with Crippen LogP contribution in [-0.2, 0) is 13.5 Å². The molecule has 2 heterocycles. The predicted molar refractivity (Wildman–Crippen MR) is 108 cm³/mol. The fourth-order valence-corrected chi connectivity index (χ4v) is 3.61. The van der Waals surface area contributed by atoms with Crippen LogP contribution in [0.25, 0.3) is 0 Å². The summed E-state index contributed by atoms with van der Waals surface area (Å²) in [6, 6.07) is 14.1. The summed E-state index contributed by atoms with van der Waals surface area (Å²) in [6.07, 6.45) is 3.15. The first kappa shape index (κ1) is 19.4. The van der Waals surface area contributed by atoms with E-state index in [0.717, 1.165) is 44.6 Å². The highest BCUT2D eigenvalue weighted by atomic mass is 16.2. The van der Waals surface area contributed by atoms with Gasteiger partial charge in [-0.2, -0.15) is 0 Å². The first-order valence-electron chi connectivity index (χ1n) is 9.78.